The van der Waals surface area contributed by atoms with Gasteiger partial charge in [0.05, 0.1) is 31.4 Å². The monoisotopic (exact) mass is 372 g/mol. The minimum Gasteiger partial charge on any atom is -0.466 e. The number of furan rings is 1. The molecular weight excluding hydrogens is 352 g/mol. The average Bonchev–Trinajstić information content (AvgIpc) is 3.21. The maximum Gasteiger partial charge on any atom is 0.311 e. The number of thiazole rings is 1. The number of fused-ring (bicyclic) bond motifs is 1. The highest BCUT2D eigenvalue weighted by atomic mass is 32.1. The first-order valence-electron chi connectivity index (χ1n) is 8.48. The lowest BCUT2D eigenvalue weighted by Crippen LogP contribution is -2.14. The quantitative estimate of drug-likeness (QED) is 0.639. The van der Waals surface area contributed by atoms with E-state index in [9.17, 15) is 9.59 Å². The van der Waals surface area contributed by atoms with Crippen molar-refractivity contribution in [3.05, 3.63) is 46.7 Å². The number of rotatable bonds is 7. The van der Waals surface area contributed by atoms with Crippen molar-refractivity contribution in [1.29, 1.82) is 0 Å². The van der Waals surface area contributed by atoms with Gasteiger partial charge in [-0.2, -0.15) is 0 Å². The fourth-order valence-electron chi connectivity index (χ4n) is 2.63. The van der Waals surface area contributed by atoms with Crippen molar-refractivity contribution in [3.8, 4) is 0 Å². The summed E-state index contributed by atoms with van der Waals surface area (Å²) in [6, 6.07) is 6.03. The van der Waals surface area contributed by atoms with Crippen LogP contribution in [0.5, 0.6) is 0 Å². The molecule has 0 bridgehead atoms. The number of aryl methyl sites for hydroxylation is 1. The summed E-state index contributed by atoms with van der Waals surface area (Å²) in [5, 5.41) is 5.92. The molecule has 6 nitrogen and oxygen atoms in total. The van der Waals surface area contributed by atoms with E-state index < -0.39 is 0 Å². The molecule has 3 rings (SSSR count). The first kappa shape index (κ1) is 18.1. The van der Waals surface area contributed by atoms with E-state index in [1.807, 2.05) is 18.2 Å². The van der Waals surface area contributed by atoms with Gasteiger partial charge in [-0.15, -0.1) is 11.3 Å². The molecule has 0 saturated carbocycles. The summed E-state index contributed by atoms with van der Waals surface area (Å²) in [6.07, 6.45) is 2.86. The van der Waals surface area contributed by atoms with Gasteiger partial charge in [-0.3, -0.25) is 9.59 Å². The largest absolute Gasteiger partial charge is 0.466 e. The molecule has 2 heterocycles. The SMILES string of the molecule is CCOC(=O)Cc1csc(NC(=O)Cc2coc3cc(CC)ccc23)n1. The zero-order valence-electron chi connectivity index (χ0n) is 14.7. The van der Waals surface area contributed by atoms with Crippen LogP contribution in [0.2, 0.25) is 0 Å². The molecule has 2 aromatic heterocycles. The first-order valence-corrected chi connectivity index (χ1v) is 9.35. The number of ether oxygens (including phenoxy) is 1. The van der Waals surface area contributed by atoms with E-state index in [1.165, 1.54) is 16.9 Å². The predicted octanol–water partition coefficient (Wildman–Crippen LogP) is 3.74. The second kappa shape index (κ2) is 8.14. The summed E-state index contributed by atoms with van der Waals surface area (Å²) in [7, 11) is 0. The van der Waals surface area contributed by atoms with E-state index in [2.05, 4.69) is 17.2 Å². The van der Waals surface area contributed by atoms with Crippen LogP contribution in [0.15, 0.2) is 34.3 Å². The van der Waals surface area contributed by atoms with Crippen LogP contribution in [-0.4, -0.2) is 23.5 Å². The lowest BCUT2D eigenvalue weighted by molar-refractivity contribution is -0.142. The zero-order chi connectivity index (χ0) is 18.5. The summed E-state index contributed by atoms with van der Waals surface area (Å²) in [5.74, 6) is -0.503. The average molecular weight is 372 g/mol. The second-order valence-corrected chi connectivity index (χ2v) is 6.65. The van der Waals surface area contributed by atoms with Crippen molar-refractivity contribution in [2.75, 3.05) is 11.9 Å². The van der Waals surface area contributed by atoms with Crippen LogP contribution in [0.4, 0.5) is 5.13 Å². The molecule has 0 radical (unpaired) electrons. The highest BCUT2D eigenvalue weighted by molar-refractivity contribution is 7.13. The summed E-state index contributed by atoms with van der Waals surface area (Å²) < 4.78 is 10.5. The molecule has 0 aliphatic heterocycles. The van der Waals surface area contributed by atoms with E-state index in [4.69, 9.17) is 9.15 Å². The Bertz CT molecular complexity index is 929. The van der Waals surface area contributed by atoms with Crippen LogP contribution in [0.25, 0.3) is 11.0 Å². The van der Waals surface area contributed by atoms with Crippen molar-refractivity contribution in [1.82, 2.24) is 4.98 Å². The number of nitrogens with zero attached hydrogens (tertiary/aromatic N) is 1. The van der Waals surface area contributed by atoms with Gasteiger partial charge >= 0.3 is 5.97 Å². The Labute approximate surface area is 155 Å². The van der Waals surface area contributed by atoms with Crippen molar-refractivity contribution in [2.24, 2.45) is 0 Å². The van der Waals surface area contributed by atoms with Crippen molar-refractivity contribution >= 4 is 39.3 Å². The van der Waals surface area contributed by atoms with Crippen molar-refractivity contribution < 1.29 is 18.7 Å². The van der Waals surface area contributed by atoms with Gasteiger partial charge in [0.25, 0.3) is 0 Å². The molecule has 136 valence electrons. The number of hydrogen-bond acceptors (Lipinski definition) is 6. The van der Waals surface area contributed by atoms with Gasteiger partial charge in [-0.05, 0) is 25.0 Å². The third kappa shape index (κ3) is 4.29. The fourth-order valence-corrected chi connectivity index (χ4v) is 3.35. The standard InChI is InChI=1S/C19H20N2O4S/c1-3-12-5-6-15-13(10-25-16(15)7-12)8-17(22)21-19-20-14(11-26-19)9-18(23)24-4-2/h5-7,10-11H,3-4,8-9H2,1-2H3,(H,20,21,22). The maximum absolute atomic E-state index is 12.3. The molecule has 26 heavy (non-hydrogen) atoms. The Morgan fingerprint density at radius 3 is 2.88 bits per heavy atom. The summed E-state index contributed by atoms with van der Waals surface area (Å²) in [6.45, 7) is 4.18. The Morgan fingerprint density at radius 2 is 2.12 bits per heavy atom. The van der Waals surface area contributed by atoms with Gasteiger partial charge < -0.3 is 14.5 Å². The Morgan fingerprint density at radius 1 is 1.27 bits per heavy atom. The van der Waals surface area contributed by atoms with Crippen LogP contribution >= 0.6 is 11.3 Å². The second-order valence-electron chi connectivity index (χ2n) is 5.80. The van der Waals surface area contributed by atoms with E-state index in [0.29, 0.717) is 17.4 Å². The normalized spacial score (nSPS) is 10.8. The van der Waals surface area contributed by atoms with Gasteiger partial charge in [-0.1, -0.05) is 19.1 Å². The zero-order valence-corrected chi connectivity index (χ0v) is 15.5. The third-order valence-electron chi connectivity index (χ3n) is 3.91. The van der Waals surface area contributed by atoms with E-state index in [-0.39, 0.29) is 24.7 Å². The van der Waals surface area contributed by atoms with Crippen LogP contribution in [-0.2, 0) is 33.6 Å². The van der Waals surface area contributed by atoms with Crippen LogP contribution in [0, 0.1) is 0 Å². The minimum atomic E-state index is -0.327. The van der Waals surface area contributed by atoms with Crippen LogP contribution in [0.3, 0.4) is 0 Å². The molecule has 0 unspecified atom stereocenters. The lowest BCUT2D eigenvalue weighted by Gasteiger charge is -2.01. The van der Waals surface area contributed by atoms with Gasteiger partial charge in [0, 0.05) is 16.3 Å². The number of esters is 1. The molecule has 1 N–H and O–H groups in total. The molecule has 0 aliphatic rings. The Kier molecular flexibility index (Phi) is 5.68. The third-order valence-corrected chi connectivity index (χ3v) is 4.71. The topological polar surface area (TPSA) is 81.4 Å². The number of hydrogen-bond donors (Lipinski definition) is 1. The number of benzene rings is 1. The Balaban J connectivity index is 1.62. The molecule has 1 aromatic carbocycles. The minimum absolute atomic E-state index is 0.104. The van der Waals surface area contributed by atoms with Gasteiger partial charge in [0.2, 0.25) is 5.91 Å². The number of carbonyl (C=O) groups excluding carboxylic acids is 2. The smallest absolute Gasteiger partial charge is 0.311 e. The number of carbonyl (C=O) groups is 2. The van der Waals surface area contributed by atoms with Gasteiger partial charge in [-0.25, -0.2) is 4.98 Å². The molecule has 7 heteroatoms. The molecule has 1 amide bonds. The van der Waals surface area contributed by atoms with Crippen LogP contribution < -0.4 is 5.32 Å². The number of anilines is 1. The van der Waals surface area contributed by atoms with E-state index in [0.717, 1.165) is 23.0 Å². The Hall–Kier alpha value is -2.67. The fraction of sp³-hybridized carbons (Fsp3) is 0.316. The first-order chi connectivity index (χ1) is 12.6. The summed E-state index contributed by atoms with van der Waals surface area (Å²) >= 11 is 1.28. The van der Waals surface area contributed by atoms with Crippen molar-refractivity contribution in [3.63, 3.8) is 0 Å². The summed E-state index contributed by atoms with van der Waals surface area (Å²) in [4.78, 5) is 28.0. The molecule has 0 saturated heterocycles. The van der Waals surface area contributed by atoms with Gasteiger partial charge in [0.15, 0.2) is 5.13 Å². The number of aromatic nitrogens is 1. The van der Waals surface area contributed by atoms with E-state index in [1.54, 1.807) is 18.6 Å². The number of amides is 1. The van der Waals surface area contributed by atoms with E-state index >= 15 is 0 Å². The molecule has 0 aliphatic carbocycles. The van der Waals surface area contributed by atoms with Gasteiger partial charge in [0.1, 0.15) is 5.58 Å². The highest BCUT2D eigenvalue weighted by Gasteiger charge is 2.13. The lowest BCUT2D eigenvalue weighted by atomic mass is 10.1. The summed E-state index contributed by atoms with van der Waals surface area (Å²) in [5.41, 5.74) is 3.41. The predicted molar refractivity (Wildman–Crippen MR) is 100 cm³/mol. The molecule has 0 fully saturated rings. The molecule has 0 atom stereocenters. The number of nitrogens with one attached hydrogen (secondary N) is 1. The maximum atomic E-state index is 12.3. The van der Waals surface area contributed by atoms with Crippen LogP contribution in [0.1, 0.15) is 30.7 Å². The molecule has 0 spiro atoms. The molecular formula is C19H20N2O4S. The van der Waals surface area contributed by atoms with Crippen molar-refractivity contribution in [2.45, 2.75) is 33.1 Å². The highest BCUT2D eigenvalue weighted by Crippen LogP contribution is 2.24. The molecule has 3 aromatic rings.